The van der Waals surface area contributed by atoms with E-state index in [0.717, 1.165) is 32.3 Å². The van der Waals surface area contributed by atoms with Gasteiger partial charge in [0, 0.05) is 11.6 Å². The summed E-state index contributed by atoms with van der Waals surface area (Å²) in [6, 6.07) is 1.71. The zero-order valence-electron chi connectivity index (χ0n) is 11.5. The number of aryl methyl sites for hydroxylation is 2. The molecule has 22 heavy (non-hydrogen) atoms. The molecule has 4 nitrogen and oxygen atoms in total. The Labute approximate surface area is 131 Å². The molecule has 3 aromatic rings. The number of aromatic nitrogens is 4. The lowest BCUT2D eigenvalue weighted by Gasteiger charge is -2.01. The Morgan fingerprint density at radius 3 is 2.45 bits per heavy atom. The minimum absolute atomic E-state index is 0.146. The van der Waals surface area contributed by atoms with E-state index in [1.165, 1.54) is 17.5 Å². The van der Waals surface area contributed by atoms with E-state index in [9.17, 15) is 13.2 Å². The van der Waals surface area contributed by atoms with Crippen molar-refractivity contribution in [3.8, 4) is 21.4 Å². The topological polar surface area (TPSA) is 51.6 Å². The van der Waals surface area contributed by atoms with Gasteiger partial charge in [0.1, 0.15) is 0 Å². The Bertz CT molecular complexity index is 823. The fraction of sp³-hybridized carbons (Fsp3) is 0.231. The zero-order chi connectivity index (χ0) is 15.9. The van der Waals surface area contributed by atoms with E-state index >= 15 is 0 Å². The third-order valence-corrected chi connectivity index (χ3v) is 4.71. The third kappa shape index (κ3) is 2.86. The van der Waals surface area contributed by atoms with E-state index in [4.69, 9.17) is 0 Å². The van der Waals surface area contributed by atoms with Crippen molar-refractivity contribution in [2.45, 2.75) is 20.0 Å². The van der Waals surface area contributed by atoms with Gasteiger partial charge in [-0.05, 0) is 19.9 Å². The van der Waals surface area contributed by atoms with Crippen LogP contribution in [0.1, 0.15) is 16.4 Å². The highest BCUT2D eigenvalue weighted by Gasteiger charge is 2.34. The number of thiazole rings is 2. The minimum atomic E-state index is -4.46. The second-order valence-corrected chi connectivity index (χ2v) is 6.51. The van der Waals surface area contributed by atoms with Crippen LogP contribution in [0.4, 0.5) is 13.2 Å². The van der Waals surface area contributed by atoms with Crippen molar-refractivity contribution in [1.82, 2.24) is 19.9 Å². The highest BCUT2D eigenvalue weighted by molar-refractivity contribution is 7.15. The highest BCUT2D eigenvalue weighted by atomic mass is 32.1. The van der Waals surface area contributed by atoms with Crippen molar-refractivity contribution in [3.05, 3.63) is 34.0 Å². The molecule has 0 atom stereocenters. The largest absolute Gasteiger partial charge is 0.434 e. The molecule has 3 aromatic heterocycles. The second kappa shape index (κ2) is 5.40. The number of halogens is 3. The maximum absolute atomic E-state index is 12.6. The summed E-state index contributed by atoms with van der Waals surface area (Å²) in [6.07, 6.45) is -2.95. The molecule has 0 saturated carbocycles. The Balaban J connectivity index is 2.01. The van der Waals surface area contributed by atoms with Gasteiger partial charge in [-0.25, -0.2) is 19.9 Å². The molecule has 0 N–H and O–H groups in total. The first-order valence-corrected chi connectivity index (χ1v) is 7.85. The van der Waals surface area contributed by atoms with Gasteiger partial charge in [-0.2, -0.15) is 13.2 Å². The summed E-state index contributed by atoms with van der Waals surface area (Å²) >= 11 is 2.36. The SMILES string of the molecule is Cc1nc(C)c(-c2ccnc(-c3nc(C(F)(F)F)cs3)n2)s1. The summed E-state index contributed by atoms with van der Waals surface area (Å²) in [6.45, 7) is 3.76. The summed E-state index contributed by atoms with van der Waals surface area (Å²) in [5.41, 5.74) is 0.547. The van der Waals surface area contributed by atoms with Crippen LogP contribution in [0.3, 0.4) is 0 Å². The summed E-state index contributed by atoms with van der Waals surface area (Å²) in [4.78, 5) is 17.1. The van der Waals surface area contributed by atoms with E-state index in [0.29, 0.717) is 5.69 Å². The molecule has 0 spiro atoms. The molecule has 0 aromatic carbocycles. The molecule has 9 heteroatoms. The minimum Gasteiger partial charge on any atom is -0.246 e. The Morgan fingerprint density at radius 2 is 1.86 bits per heavy atom. The van der Waals surface area contributed by atoms with Crippen LogP contribution in [-0.4, -0.2) is 19.9 Å². The van der Waals surface area contributed by atoms with Crippen molar-refractivity contribution in [3.63, 3.8) is 0 Å². The summed E-state index contributed by atoms with van der Waals surface area (Å²) < 4.78 is 37.8. The molecule has 0 aliphatic rings. The van der Waals surface area contributed by atoms with Gasteiger partial charge < -0.3 is 0 Å². The number of rotatable bonds is 2. The smallest absolute Gasteiger partial charge is 0.246 e. The zero-order valence-corrected chi connectivity index (χ0v) is 13.1. The van der Waals surface area contributed by atoms with Crippen molar-refractivity contribution in [2.75, 3.05) is 0 Å². The van der Waals surface area contributed by atoms with Crippen LogP contribution >= 0.6 is 22.7 Å². The van der Waals surface area contributed by atoms with E-state index in [1.54, 1.807) is 6.07 Å². The first kappa shape index (κ1) is 15.0. The summed E-state index contributed by atoms with van der Waals surface area (Å²) in [5.74, 6) is 0.184. The average Bonchev–Trinajstić information content (AvgIpc) is 3.05. The molecular formula is C13H9F3N4S2. The third-order valence-electron chi connectivity index (χ3n) is 2.78. The fourth-order valence-electron chi connectivity index (χ4n) is 1.86. The van der Waals surface area contributed by atoms with E-state index in [2.05, 4.69) is 19.9 Å². The van der Waals surface area contributed by atoms with Gasteiger partial charge in [0.25, 0.3) is 0 Å². The molecular weight excluding hydrogens is 333 g/mol. The van der Waals surface area contributed by atoms with Crippen molar-refractivity contribution >= 4 is 22.7 Å². The molecule has 0 aliphatic heterocycles. The van der Waals surface area contributed by atoms with E-state index in [1.807, 2.05) is 13.8 Å². The molecule has 3 rings (SSSR count). The Kier molecular flexibility index (Phi) is 3.69. The number of hydrogen-bond donors (Lipinski definition) is 0. The van der Waals surface area contributed by atoms with Gasteiger partial charge in [0.05, 0.1) is 21.3 Å². The van der Waals surface area contributed by atoms with Crippen molar-refractivity contribution in [2.24, 2.45) is 0 Å². The number of alkyl halides is 3. The number of nitrogens with zero attached hydrogens (tertiary/aromatic N) is 4. The van der Waals surface area contributed by atoms with Gasteiger partial charge >= 0.3 is 6.18 Å². The summed E-state index contributed by atoms with van der Waals surface area (Å²) in [7, 11) is 0. The lowest BCUT2D eigenvalue weighted by Crippen LogP contribution is -2.05. The number of hydrogen-bond acceptors (Lipinski definition) is 6. The normalized spacial score (nSPS) is 11.9. The summed E-state index contributed by atoms with van der Waals surface area (Å²) in [5, 5.41) is 2.02. The van der Waals surface area contributed by atoms with Gasteiger partial charge in [-0.3, -0.25) is 0 Å². The molecule has 0 bridgehead atoms. The lowest BCUT2D eigenvalue weighted by molar-refractivity contribution is -0.140. The quantitative estimate of drug-likeness (QED) is 0.694. The van der Waals surface area contributed by atoms with Gasteiger partial charge in [0.2, 0.25) is 0 Å². The van der Waals surface area contributed by atoms with Gasteiger partial charge in [-0.15, -0.1) is 22.7 Å². The van der Waals surface area contributed by atoms with Gasteiger partial charge in [0.15, 0.2) is 16.5 Å². The molecule has 0 amide bonds. The van der Waals surface area contributed by atoms with Crippen LogP contribution in [0.15, 0.2) is 17.6 Å². The molecule has 3 heterocycles. The molecule has 0 aliphatic carbocycles. The molecule has 0 saturated heterocycles. The van der Waals surface area contributed by atoms with Crippen molar-refractivity contribution in [1.29, 1.82) is 0 Å². The van der Waals surface area contributed by atoms with Crippen LogP contribution in [0.2, 0.25) is 0 Å². The molecule has 0 radical (unpaired) electrons. The molecule has 0 fully saturated rings. The molecule has 0 unspecified atom stereocenters. The van der Waals surface area contributed by atoms with Crippen LogP contribution in [0, 0.1) is 13.8 Å². The maximum Gasteiger partial charge on any atom is 0.434 e. The maximum atomic E-state index is 12.6. The van der Waals surface area contributed by atoms with Gasteiger partial charge in [-0.1, -0.05) is 0 Å². The Morgan fingerprint density at radius 1 is 1.09 bits per heavy atom. The average molecular weight is 342 g/mol. The second-order valence-electron chi connectivity index (χ2n) is 4.45. The van der Waals surface area contributed by atoms with Crippen LogP contribution in [-0.2, 0) is 6.18 Å². The lowest BCUT2D eigenvalue weighted by atomic mass is 10.3. The van der Waals surface area contributed by atoms with E-state index in [-0.39, 0.29) is 10.8 Å². The van der Waals surface area contributed by atoms with Crippen LogP contribution in [0.5, 0.6) is 0 Å². The van der Waals surface area contributed by atoms with Crippen molar-refractivity contribution < 1.29 is 13.2 Å². The predicted octanol–water partition coefficient (Wildman–Crippen LogP) is 4.36. The Hall–Kier alpha value is -1.87. The highest BCUT2D eigenvalue weighted by Crippen LogP contribution is 2.33. The fourth-order valence-corrected chi connectivity index (χ4v) is 3.52. The standard InChI is InChI=1S/C13H9F3N4S2/c1-6-10(22-7(2)18-6)8-3-4-17-11(19-8)12-20-9(5-21-12)13(14,15)16/h3-5H,1-2H3. The molecule has 114 valence electrons. The van der Waals surface area contributed by atoms with Crippen LogP contribution < -0.4 is 0 Å². The monoisotopic (exact) mass is 342 g/mol. The predicted molar refractivity (Wildman–Crippen MR) is 78.7 cm³/mol. The first-order valence-electron chi connectivity index (χ1n) is 6.15. The van der Waals surface area contributed by atoms with E-state index < -0.39 is 11.9 Å². The first-order chi connectivity index (χ1) is 10.3. The van der Waals surface area contributed by atoms with Crippen LogP contribution in [0.25, 0.3) is 21.4 Å².